The van der Waals surface area contributed by atoms with Crippen LogP contribution in [0.4, 0.5) is 4.39 Å². The first-order chi connectivity index (χ1) is 14.1. The lowest BCUT2D eigenvalue weighted by Crippen LogP contribution is -2.38. The minimum Gasteiger partial charge on any atom is -0.493 e. The van der Waals surface area contributed by atoms with Gasteiger partial charge in [0.2, 0.25) is 0 Å². The summed E-state index contributed by atoms with van der Waals surface area (Å²) in [4.78, 5) is 2.38. The van der Waals surface area contributed by atoms with Gasteiger partial charge >= 0.3 is 0 Å². The number of aromatic nitrogens is 4. The Morgan fingerprint density at radius 1 is 1.31 bits per heavy atom. The van der Waals surface area contributed by atoms with Crippen LogP contribution in [-0.4, -0.2) is 51.2 Å². The van der Waals surface area contributed by atoms with Crippen molar-refractivity contribution in [2.75, 3.05) is 26.3 Å². The number of aryl methyl sites for hydroxylation is 2. The average molecular weight is 399 g/mol. The van der Waals surface area contributed by atoms with Crippen molar-refractivity contribution in [3.63, 3.8) is 0 Å². The Balaban J connectivity index is 1.30. The normalized spacial score (nSPS) is 17.6. The minimum atomic E-state index is -0.268. The Morgan fingerprint density at radius 2 is 2.14 bits per heavy atom. The van der Waals surface area contributed by atoms with E-state index in [1.54, 1.807) is 12.1 Å². The molecule has 2 aromatic heterocycles. The second-order valence-corrected chi connectivity index (χ2v) is 7.38. The lowest BCUT2D eigenvalue weighted by molar-refractivity contribution is -0.0350. The number of morpholine rings is 1. The third-order valence-electron chi connectivity index (χ3n) is 5.09. The van der Waals surface area contributed by atoms with Crippen molar-refractivity contribution in [2.24, 2.45) is 7.05 Å². The largest absolute Gasteiger partial charge is 0.493 e. The number of hydrogen-bond donors (Lipinski definition) is 1. The van der Waals surface area contributed by atoms with Crippen LogP contribution in [0.2, 0.25) is 0 Å². The number of rotatable bonds is 7. The van der Waals surface area contributed by atoms with Crippen LogP contribution in [0.1, 0.15) is 28.7 Å². The molecule has 7 nitrogen and oxygen atoms in total. The SMILES string of the molecule is Cc1nn(C)cc1CN1CCO[C@H](c2cc(CCOc3ccc(F)cc3)[nH]n2)C1. The van der Waals surface area contributed by atoms with Gasteiger partial charge in [0.1, 0.15) is 17.7 Å². The highest BCUT2D eigenvalue weighted by Crippen LogP contribution is 2.23. The lowest BCUT2D eigenvalue weighted by atomic mass is 10.1. The number of halogens is 1. The third kappa shape index (κ3) is 5.02. The number of nitrogens with zero attached hydrogens (tertiary/aromatic N) is 4. The van der Waals surface area contributed by atoms with E-state index in [-0.39, 0.29) is 11.9 Å². The molecular weight excluding hydrogens is 373 g/mol. The molecule has 1 aliphatic heterocycles. The van der Waals surface area contributed by atoms with Crippen LogP contribution in [-0.2, 0) is 24.8 Å². The summed E-state index contributed by atoms with van der Waals surface area (Å²) in [7, 11) is 1.95. The minimum absolute atomic E-state index is 0.0521. The second kappa shape index (κ2) is 8.75. The van der Waals surface area contributed by atoms with Gasteiger partial charge in [0.25, 0.3) is 0 Å². The molecule has 1 N–H and O–H groups in total. The summed E-state index contributed by atoms with van der Waals surface area (Å²) >= 11 is 0. The van der Waals surface area contributed by atoms with Gasteiger partial charge in [-0.3, -0.25) is 14.7 Å². The molecule has 3 heterocycles. The lowest BCUT2D eigenvalue weighted by Gasteiger charge is -2.31. The molecule has 1 aliphatic rings. The molecule has 4 rings (SSSR count). The van der Waals surface area contributed by atoms with Crippen molar-refractivity contribution >= 4 is 0 Å². The molecule has 0 spiro atoms. The fraction of sp³-hybridized carbons (Fsp3) is 0.429. The van der Waals surface area contributed by atoms with Crippen LogP contribution in [0, 0.1) is 12.7 Å². The summed E-state index contributed by atoms with van der Waals surface area (Å²) in [5.41, 5.74) is 4.22. The first-order valence-corrected chi connectivity index (χ1v) is 9.82. The smallest absolute Gasteiger partial charge is 0.123 e. The molecular formula is C21H26FN5O2. The van der Waals surface area contributed by atoms with Gasteiger partial charge in [0.05, 0.1) is 24.6 Å². The van der Waals surface area contributed by atoms with Gasteiger partial charge in [-0.2, -0.15) is 10.2 Å². The first-order valence-electron chi connectivity index (χ1n) is 9.82. The van der Waals surface area contributed by atoms with Crippen LogP contribution in [0.15, 0.2) is 36.5 Å². The number of benzene rings is 1. The van der Waals surface area contributed by atoms with E-state index in [1.807, 2.05) is 24.7 Å². The van der Waals surface area contributed by atoms with Crippen molar-refractivity contribution < 1.29 is 13.9 Å². The predicted octanol–water partition coefficient (Wildman–Crippen LogP) is 2.79. The topological polar surface area (TPSA) is 68.2 Å². The van der Waals surface area contributed by atoms with E-state index in [0.717, 1.165) is 36.7 Å². The van der Waals surface area contributed by atoms with Crippen LogP contribution < -0.4 is 4.74 Å². The molecule has 3 aromatic rings. The third-order valence-corrected chi connectivity index (χ3v) is 5.09. The molecule has 0 radical (unpaired) electrons. The Hall–Kier alpha value is -2.71. The van der Waals surface area contributed by atoms with Crippen LogP contribution in [0.25, 0.3) is 0 Å². The number of hydrogen-bond acceptors (Lipinski definition) is 5. The summed E-state index contributed by atoms with van der Waals surface area (Å²) in [6.45, 7) is 5.77. The van der Waals surface area contributed by atoms with Gasteiger partial charge in [0, 0.05) is 50.6 Å². The highest BCUT2D eigenvalue weighted by molar-refractivity contribution is 5.22. The van der Waals surface area contributed by atoms with Crippen molar-refractivity contribution in [3.8, 4) is 5.75 Å². The molecule has 0 amide bonds. The van der Waals surface area contributed by atoms with Gasteiger partial charge in [-0.1, -0.05) is 0 Å². The Morgan fingerprint density at radius 3 is 2.90 bits per heavy atom. The second-order valence-electron chi connectivity index (χ2n) is 7.38. The molecule has 0 saturated carbocycles. The number of ether oxygens (including phenoxy) is 2. The highest BCUT2D eigenvalue weighted by Gasteiger charge is 2.25. The zero-order chi connectivity index (χ0) is 20.2. The van der Waals surface area contributed by atoms with Crippen LogP contribution in [0.3, 0.4) is 0 Å². The molecule has 1 fully saturated rings. The van der Waals surface area contributed by atoms with E-state index in [2.05, 4.69) is 26.4 Å². The standard InChI is InChI=1S/C21H26FN5O2/c1-15-16(12-26(2)25-15)13-27-8-10-29-21(14-27)20-11-18(23-24-20)7-9-28-19-5-3-17(22)4-6-19/h3-6,11-12,21H,7-10,13-14H2,1-2H3,(H,23,24)/t21-/m0/s1. The number of H-pyrrole nitrogens is 1. The van der Waals surface area contributed by atoms with E-state index in [0.29, 0.717) is 25.4 Å². The van der Waals surface area contributed by atoms with Crippen molar-refractivity contribution in [1.82, 2.24) is 24.9 Å². The molecule has 1 saturated heterocycles. The maximum Gasteiger partial charge on any atom is 0.123 e. The fourth-order valence-electron chi connectivity index (χ4n) is 3.55. The van der Waals surface area contributed by atoms with E-state index in [9.17, 15) is 4.39 Å². The molecule has 8 heteroatoms. The molecule has 0 bridgehead atoms. The van der Waals surface area contributed by atoms with Crippen LogP contribution in [0.5, 0.6) is 5.75 Å². The summed E-state index contributed by atoms with van der Waals surface area (Å²) in [6.07, 6.45) is 2.72. The van der Waals surface area contributed by atoms with Gasteiger partial charge in [-0.05, 0) is 37.3 Å². The van der Waals surface area contributed by atoms with Gasteiger partial charge in [0.15, 0.2) is 0 Å². The zero-order valence-electron chi connectivity index (χ0n) is 16.8. The van der Waals surface area contributed by atoms with Crippen LogP contribution >= 0.6 is 0 Å². The first kappa shape index (κ1) is 19.6. The van der Waals surface area contributed by atoms with Gasteiger partial charge in [-0.15, -0.1) is 0 Å². The number of nitrogens with one attached hydrogen (secondary N) is 1. The van der Waals surface area contributed by atoms with Gasteiger partial charge in [-0.25, -0.2) is 4.39 Å². The monoisotopic (exact) mass is 399 g/mol. The molecule has 0 unspecified atom stereocenters. The highest BCUT2D eigenvalue weighted by atomic mass is 19.1. The molecule has 0 aliphatic carbocycles. The van der Waals surface area contributed by atoms with E-state index in [4.69, 9.17) is 9.47 Å². The van der Waals surface area contributed by atoms with Crippen molar-refractivity contribution in [2.45, 2.75) is 26.0 Å². The summed E-state index contributed by atoms with van der Waals surface area (Å²) in [6, 6.07) is 8.08. The molecule has 1 atom stereocenters. The Kier molecular flexibility index (Phi) is 5.92. The zero-order valence-corrected chi connectivity index (χ0v) is 16.8. The van der Waals surface area contributed by atoms with Gasteiger partial charge < -0.3 is 9.47 Å². The fourth-order valence-corrected chi connectivity index (χ4v) is 3.55. The van der Waals surface area contributed by atoms with E-state index in [1.165, 1.54) is 17.7 Å². The Bertz CT molecular complexity index is 937. The van der Waals surface area contributed by atoms with E-state index >= 15 is 0 Å². The number of aromatic amines is 1. The maximum absolute atomic E-state index is 12.9. The maximum atomic E-state index is 12.9. The molecule has 154 valence electrons. The molecule has 29 heavy (non-hydrogen) atoms. The summed E-state index contributed by atoms with van der Waals surface area (Å²) in [5, 5.41) is 11.9. The molecule has 1 aromatic carbocycles. The predicted molar refractivity (Wildman–Crippen MR) is 106 cm³/mol. The quantitative estimate of drug-likeness (QED) is 0.662. The average Bonchev–Trinajstić information content (AvgIpc) is 3.30. The summed E-state index contributed by atoms with van der Waals surface area (Å²) in [5.74, 6) is 0.388. The van der Waals surface area contributed by atoms with Crippen molar-refractivity contribution in [1.29, 1.82) is 0 Å². The summed E-state index contributed by atoms with van der Waals surface area (Å²) < 4.78 is 26.4. The van der Waals surface area contributed by atoms with Crippen molar-refractivity contribution in [3.05, 3.63) is 65.0 Å². The Labute approximate surface area is 169 Å². The van der Waals surface area contributed by atoms with E-state index < -0.39 is 0 Å².